The molecular formula is C12H16BrN3O2. The van der Waals surface area contributed by atoms with Crippen molar-refractivity contribution in [3.8, 4) is 0 Å². The third kappa shape index (κ3) is 5.67. The van der Waals surface area contributed by atoms with Gasteiger partial charge in [-0.3, -0.25) is 4.79 Å². The predicted molar refractivity (Wildman–Crippen MR) is 74.5 cm³/mol. The molecule has 3 N–H and O–H groups in total. The summed E-state index contributed by atoms with van der Waals surface area (Å²) in [5, 5.41) is 7.92. The van der Waals surface area contributed by atoms with Gasteiger partial charge in [-0.25, -0.2) is 4.79 Å². The fraction of sp³-hybridized carbons (Fsp3) is 0.333. The third-order valence-corrected chi connectivity index (χ3v) is 2.63. The van der Waals surface area contributed by atoms with E-state index in [1.165, 1.54) is 0 Å². The van der Waals surface area contributed by atoms with E-state index in [2.05, 4.69) is 31.9 Å². The zero-order valence-corrected chi connectivity index (χ0v) is 11.7. The van der Waals surface area contributed by atoms with Crippen LogP contribution in [0.1, 0.15) is 13.3 Å². The summed E-state index contributed by atoms with van der Waals surface area (Å²) in [6, 6.07) is 7.05. The molecule has 0 saturated carbocycles. The molecule has 1 rings (SSSR count). The maximum atomic E-state index is 11.5. The first-order valence-corrected chi connectivity index (χ1v) is 6.48. The van der Waals surface area contributed by atoms with E-state index in [9.17, 15) is 9.59 Å². The van der Waals surface area contributed by atoms with Gasteiger partial charge in [0.2, 0.25) is 5.91 Å². The van der Waals surface area contributed by atoms with Crippen LogP contribution in [-0.2, 0) is 4.79 Å². The Morgan fingerprint density at radius 2 is 1.83 bits per heavy atom. The summed E-state index contributed by atoms with van der Waals surface area (Å²) >= 11 is 3.32. The lowest BCUT2D eigenvalue weighted by Gasteiger charge is -2.07. The lowest BCUT2D eigenvalue weighted by molar-refractivity contribution is -0.116. The lowest BCUT2D eigenvalue weighted by Crippen LogP contribution is -2.36. The molecule has 5 nitrogen and oxygen atoms in total. The van der Waals surface area contributed by atoms with E-state index in [-0.39, 0.29) is 18.4 Å². The Morgan fingerprint density at radius 3 is 2.44 bits per heavy atom. The predicted octanol–water partition coefficient (Wildman–Crippen LogP) is 2.10. The number of benzene rings is 1. The fourth-order valence-corrected chi connectivity index (χ4v) is 1.53. The van der Waals surface area contributed by atoms with Gasteiger partial charge in [-0.05, 0) is 31.2 Å². The van der Waals surface area contributed by atoms with Crippen LogP contribution in [0.3, 0.4) is 0 Å². The lowest BCUT2D eigenvalue weighted by atomic mass is 10.3. The monoisotopic (exact) mass is 313 g/mol. The summed E-state index contributed by atoms with van der Waals surface area (Å²) in [6.07, 6.45) is 0.243. The number of urea groups is 1. The molecule has 0 aliphatic heterocycles. The molecule has 0 bridgehead atoms. The van der Waals surface area contributed by atoms with Crippen molar-refractivity contribution in [3.05, 3.63) is 28.7 Å². The highest BCUT2D eigenvalue weighted by Crippen LogP contribution is 2.13. The van der Waals surface area contributed by atoms with Crippen molar-refractivity contribution in [3.63, 3.8) is 0 Å². The maximum absolute atomic E-state index is 11.5. The van der Waals surface area contributed by atoms with Gasteiger partial charge in [0.15, 0.2) is 0 Å². The molecule has 0 fully saturated rings. The molecular weight excluding hydrogens is 298 g/mol. The van der Waals surface area contributed by atoms with Crippen molar-refractivity contribution in [1.82, 2.24) is 10.6 Å². The quantitative estimate of drug-likeness (QED) is 0.779. The highest BCUT2D eigenvalue weighted by molar-refractivity contribution is 9.10. The van der Waals surface area contributed by atoms with Crippen LogP contribution in [0.2, 0.25) is 0 Å². The molecule has 1 aromatic carbocycles. The van der Waals surface area contributed by atoms with Crippen molar-refractivity contribution in [2.24, 2.45) is 0 Å². The van der Waals surface area contributed by atoms with Crippen molar-refractivity contribution < 1.29 is 9.59 Å². The van der Waals surface area contributed by atoms with E-state index in [1.54, 1.807) is 12.1 Å². The van der Waals surface area contributed by atoms with E-state index in [0.29, 0.717) is 13.1 Å². The minimum Gasteiger partial charge on any atom is -0.338 e. The number of anilines is 1. The molecule has 0 atom stereocenters. The number of carbonyl (C=O) groups excluding carboxylic acids is 2. The van der Waals surface area contributed by atoms with Gasteiger partial charge in [0, 0.05) is 29.7 Å². The average Bonchev–Trinajstić information content (AvgIpc) is 2.32. The van der Waals surface area contributed by atoms with Gasteiger partial charge in [0.05, 0.1) is 0 Å². The zero-order valence-electron chi connectivity index (χ0n) is 10.1. The van der Waals surface area contributed by atoms with Gasteiger partial charge in [0.25, 0.3) is 0 Å². The Kier molecular flexibility index (Phi) is 6.21. The van der Waals surface area contributed by atoms with Crippen molar-refractivity contribution in [2.45, 2.75) is 13.3 Å². The van der Waals surface area contributed by atoms with Crippen LogP contribution in [-0.4, -0.2) is 25.0 Å². The van der Waals surface area contributed by atoms with E-state index in [4.69, 9.17) is 0 Å². The molecule has 6 heteroatoms. The molecule has 0 unspecified atom stereocenters. The Hall–Kier alpha value is -1.56. The molecule has 0 aliphatic rings. The van der Waals surface area contributed by atoms with Crippen LogP contribution in [0, 0.1) is 0 Å². The SMILES string of the molecule is CCNC(=O)NCCC(=O)Nc1ccc(Br)cc1. The van der Waals surface area contributed by atoms with Gasteiger partial charge < -0.3 is 16.0 Å². The van der Waals surface area contributed by atoms with Crippen LogP contribution in [0.25, 0.3) is 0 Å². The smallest absolute Gasteiger partial charge is 0.314 e. The van der Waals surface area contributed by atoms with Gasteiger partial charge in [-0.1, -0.05) is 15.9 Å². The number of halogens is 1. The van der Waals surface area contributed by atoms with Gasteiger partial charge in [0.1, 0.15) is 0 Å². The summed E-state index contributed by atoms with van der Waals surface area (Å²) in [7, 11) is 0. The first-order valence-electron chi connectivity index (χ1n) is 5.69. The summed E-state index contributed by atoms with van der Waals surface area (Å²) in [5.41, 5.74) is 0.737. The summed E-state index contributed by atoms with van der Waals surface area (Å²) in [4.78, 5) is 22.6. The fourth-order valence-electron chi connectivity index (χ4n) is 1.27. The second-order valence-corrected chi connectivity index (χ2v) is 4.51. The minimum atomic E-state index is -0.256. The van der Waals surface area contributed by atoms with Crippen LogP contribution < -0.4 is 16.0 Å². The molecule has 3 amide bonds. The summed E-state index contributed by atoms with van der Waals surface area (Å²) in [5.74, 6) is -0.130. The normalized spacial score (nSPS) is 9.67. The Labute approximate surface area is 114 Å². The second-order valence-electron chi connectivity index (χ2n) is 3.59. The van der Waals surface area contributed by atoms with E-state index >= 15 is 0 Å². The van der Waals surface area contributed by atoms with Crippen molar-refractivity contribution in [2.75, 3.05) is 18.4 Å². The maximum Gasteiger partial charge on any atom is 0.314 e. The number of amides is 3. The van der Waals surface area contributed by atoms with Gasteiger partial charge in [-0.15, -0.1) is 0 Å². The molecule has 1 aromatic rings. The number of hydrogen-bond acceptors (Lipinski definition) is 2. The van der Waals surface area contributed by atoms with Crippen molar-refractivity contribution in [1.29, 1.82) is 0 Å². The highest BCUT2D eigenvalue weighted by Gasteiger charge is 2.03. The first-order chi connectivity index (χ1) is 8.61. The second kappa shape index (κ2) is 7.71. The molecule has 0 saturated heterocycles. The molecule has 0 aliphatic carbocycles. The Balaban J connectivity index is 2.25. The van der Waals surface area contributed by atoms with Crippen molar-refractivity contribution >= 4 is 33.6 Å². The topological polar surface area (TPSA) is 70.2 Å². The molecule has 98 valence electrons. The van der Waals surface area contributed by atoms with Crippen LogP contribution in [0.5, 0.6) is 0 Å². The molecule has 0 spiro atoms. The Morgan fingerprint density at radius 1 is 1.17 bits per heavy atom. The molecule has 0 heterocycles. The largest absolute Gasteiger partial charge is 0.338 e. The Bertz CT molecular complexity index is 406. The van der Waals surface area contributed by atoms with E-state index in [1.807, 2.05) is 19.1 Å². The van der Waals surface area contributed by atoms with Crippen LogP contribution in [0.15, 0.2) is 28.7 Å². The molecule has 18 heavy (non-hydrogen) atoms. The summed E-state index contributed by atoms with van der Waals surface area (Å²) < 4.78 is 0.957. The number of rotatable bonds is 5. The minimum absolute atomic E-state index is 0.130. The van der Waals surface area contributed by atoms with E-state index in [0.717, 1.165) is 10.2 Å². The standard InChI is InChI=1S/C12H16BrN3O2/c1-2-14-12(18)15-8-7-11(17)16-10-5-3-9(13)4-6-10/h3-6H,2,7-8H2,1H3,(H,16,17)(H2,14,15,18). The molecule has 0 radical (unpaired) electrons. The highest BCUT2D eigenvalue weighted by atomic mass is 79.9. The zero-order chi connectivity index (χ0) is 13.4. The van der Waals surface area contributed by atoms with E-state index < -0.39 is 0 Å². The van der Waals surface area contributed by atoms with Crippen LogP contribution in [0.4, 0.5) is 10.5 Å². The van der Waals surface area contributed by atoms with Crippen LogP contribution >= 0.6 is 15.9 Å². The number of hydrogen-bond donors (Lipinski definition) is 3. The van der Waals surface area contributed by atoms with Gasteiger partial charge >= 0.3 is 6.03 Å². The number of nitrogens with one attached hydrogen (secondary N) is 3. The van der Waals surface area contributed by atoms with Gasteiger partial charge in [-0.2, -0.15) is 0 Å². The first kappa shape index (κ1) is 14.5. The third-order valence-electron chi connectivity index (χ3n) is 2.10. The molecule has 0 aromatic heterocycles. The number of carbonyl (C=O) groups is 2. The average molecular weight is 314 g/mol. The summed E-state index contributed by atoms with van der Waals surface area (Å²) in [6.45, 7) is 2.71.